The van der Waals surface area contributed by atoms with Gasteiger partial charge in [-0.2, -0.15) is 18.3 Å². The quantitative estimate of drug-likeness (QED) is 0.598. The van der Waals surface area contributed by atoms with Crippen LogP contribution in [0, 0.1) is 0 Å². The second-order valence-corrected chi connectivity index (χ2v) is 6.62. The molecule has 0 aromatic carbocycles. The summed E-state index contributed by atoms with van der Waals surface area (Å²) in [4.78, 5) is 3.97. The molecule has 0 fully saturated rings. The van der Waals surface area contributed by atoms with Crippen LogP contribution >= 0.6 is 0 Å². The molecule has 0 amide bonds. The van der Waals surface area contributed by atoms with Crippen LogP contribution in [0.4, 0.5) is 18.9 Å². The van der Waals surface area contributed by atoms with Gasteiger partial charge in [-0.1, -0.05) is 0 Å². The Balaban J connectivity index is 1.86. The maximum absolute atomic E-state index is 13.4. The molecule has 1 aliphatic rings. The number of aromatic nitrogens is 5. The highest BCUT2D eigenvalue weighted by Crippen LogP contribution is 2.40. The van der Waals surface area contributed by atoms with Gasteiger partial charge in [-0.05, 0) is 38.7 Å². The Hall–Kier alpha value is -3.11. The van der Waals surface area contributed by atoms with Crippen LogP contribution in [0.2, 0.25) is 0 Å². The first-order chi connectivity index (χ1) is 13.3. The fraction of sp³-hybridized carbons (Fsp3) is 0.412. The number of hydrogen-bond acceptors (Lipinski definition) is 7. The number of pyridine rings is 1. The summed E-state index contributed by atoms with van der Waals surface area (Å²) < 4.78 is 51.4. The average molecular weight is 394 g/mol. The second-order valence-electron chi connectivity index (χ2n) is 6.62. The number of hydrogen-bond donors (Lipinski definition) is 2. The molecule has 1 atom stereocenters. The van der Waals surface area contributed by atoms with Crippen molar-refractivity contribution in [2.75, 3.05) is 5.73 Å². The number of nitrogens with two attached hydrogens (primary N) is 1. The number of nitrogens with zero attached hydrogens (tertiary/aromatic N) is 4. The van der Waals surface area contributed by atoms with E-state index in [1.54, 1.807) is 13.1 Å². The predicted octanol–water partition coefficient (Wildman–Crippen LogP) is 3.62. The molecule has 4 bridgehead atoms. The number of H-pyrrole nitrogens is 1. The van der Waals surface area contributed by atoms with Crippen molar-refractivity contribution < 1.29 is 22.3 Å². The summed E-state index contributed by atoms with van der Waals surface area (Å²) >= 11 is 0. The van der Waals surface area contributed by atoms with Gasteiger partial charge in [0.1, 0.15) is 5.56 Å². The minimum absolute atomic E-state index is 0.0666. The molecule has 0 saturated heterocycles. The standard InChI is InChI=1S/C17H17F3N6O2/c1-8-4-2-3-5-9-7-22-24-12(9)15-25-26-16(28-15)13-11(21)6-10(17(18,19)20)14(23-13)27-8/h6-8H,2-5,21H2,1H3,(H,22,24)/t8-/m1/s1. The lowest BCUT2D eigenvalue weighted by atomic mass is 10.1. The summed E-state index contributed by atoms with van der Waals surface area (Å²) in [7, 11) is 0. The van der Waals surface area contributed by atoms with Crippen molar-refractivity contribution in [2.45, 2.75) is 44.9 Å². The Morgan fingerprint density at radius 1 is 1.18 bits per heavy atom. The fourth-order valence-electron chi connectivity index (χ4n) is 3.08. The van der Waals surface area contributed by atoms with Crippen LogP contribution in [-0.2, 0) is 12.6 Å². The molecular formula is C17H17F3N6O2. The zero-order valence-corrected chi connectivity index (χ0v) is 14.9. The van der Waals surface area contributed by atoms with Crippen LogP contribution in [0.3, 0.4) is 0 Å². The molecule has 4 rings (SSSR count). The monoisotopic (exact) mass is 394 g/mol. The van der Waals surface area contributed by atoms with Crippen molar-refractivity contribution in [3.8, 4) is 29.0 Å². The van der Waals surface area contributed by atoms with Crippen LogP contribution in [0.1, 0.15) is 37.3 Å². The molecule has 28 heavy (non-hydrogen) atoms. The molecular weight excluding hydrogens is 377 g/mol. The van der Waals surface area contributed by atoms with E-state index in [0.29, 0.717) is 18.5 Å². The highest BCUT2D eigenvalue weighted by Gasteiger charge is 2.37. The molecule has 1 aliphatic heterocycles. The van der Waals surface area contributed by atoms with Gasteiger partial charge in [0.25, 0.3) is 11.8 Å². The summed E-state index contributed by atoms with van der Waals surface area (Å²) in [5.41, 5.74) is 5.88. The first kappa shape index (κ1) is 18.3. The lowest BCUT2D eigenvalue weighted by Gasteiger charge is -2.19. The van der Waals surface area contributed by atoms with E-state index >= 15 is 0 Å². The topological polar surface area (TPSA) is 116 Å². The third kappa shape index (κ3) is 3.39. The Labute approximate surface area is 157 Å². The Morgan fingerprint density at radius 3 is 2.68 bits per heavy atom. The summed E-state index contributed by atoms with van der Waals surface area (Å²) in [6.45, 7) is 1.71. The molecule has 0 unspecified atom stereocenters. The zero-order valence-electron chi connectivity index (χ0n) is 14.9. The number of fused-ring (bicyclic) bond motifs is 7. The van der Waals surface area contributed by atoms with E-state index < -0.39 is 23.7 Å². The SMILES string of the molecule is C[C@@H]1CCCCc2c[nH]nc2-c2nnc(o2)-c2nc(c(C(F)(F)F)cc2N)O1. The molecule has 4 heterocycles. The number of aryl methyl sites for hydroxylation is 1. The van der Waals surface area contributed by atoms with Crippen LogP contribution < -0.4 is 10.5 Å². The highest BCUT2D eigenvalue weighted by atomic mass is 19.4. The normalized spacial score (nSPS) is 17.5. The van der Waals surface area contributed by atoms with Gasteiger partial charge in [-0.3, -0.25) is 5.10 Å². The van der Waals surface area contributed by atoms with Crippen molar-refractivity contribution in [3.63, 3.8) is 0 Å². The Bertz CT molecular complexity index is 997. The number of ether oxygens (including phenoxy) is 1. The van der Waals surface area contributed by atoms with Crippen molar-refractivity contribution in [2.24, 2.45) is 0 Å². The number of nitrogens with one attached hydrogen (secondary N) is 1. The molecule has 0 spiro atoms. The zero-order chi connectivity index (χ0) is 19.9. The van der Waals surface area contributed by atoms with Crippen molar-refractivity contribution in [1.29, 1.82) is 0 Å². The first-order valence-corrected chi connectivity index (χ1v) is 8.74. The minimum Gasteiger partial charge on any atom is -0.474 e. The number of aromatic amines is 1. The highest BCUT2D eigenvalue weighted by molar-refractivity contribution is 5.69. The van der Waals surface area contributed by atoms with Gasteiger partial charge in [0.15, 0.2) is 11.4 Å². The van der Waals surface area contributed by atoms with Crippen molar-refractivity contribution in [3.05, 3.63) is 23.4 Å². The summed E-state index contributed by atoms with van der Waals surface area (Å²) in [5.74, 6) is -0.522. The van der Waals surface area contributed by atoms with Crippen molar-refractivity contribution in [1.82, 2.24) is 25.4 Å². The summed E-state index contributed by atoms with van der Waals surface area (Å²) in [6.07, 6.45) is -0.537. The Kier molecular flexibility index (Phi) is 4.44. The van der Waals surface area contributed by atoms with E-state index in [9.17, 15) is 13.2 Å². The predicted molar refractivity (Wildman–Crippen MR) is 92.2 cm³/mol. The van der Waals surface area contributed by atoms with Gasteiger partial charge in [0.2, 0.25) is 5.88 Å². The maximum atomic E-state index is 13.4. The Morgan fingerprint density at radius 2 is 1.93 bits per heavy atom. The number of halogens is 3. The molecule has 11 heteroatoms. The second kappa shape index (κ2) is 6.80. The van der Waals surface area contributed by atoms with Crippen LogP contribution in [0.25, 0.3) is 23.2 Å². The molecule has 8 nitrogen and oxygen atoms in total. The van der Waals surface area contributed by atoms with Gasteiger partial charge in [0.05, 0.1) is 11.8 Å². The van der Waals surface area contributed by atoms with E-state index in [0.717, 1.165) is 24.5 Å². The third-order valence-electron chi connectivity index (χ3n) is 4.49. The maximum Gasteiger partial charge on any atom is 0.421 e. The lowest BCUT2D eigenvalue weighted by Crippen LogP contribution is -2.18. The van der Waals surface area contributed by atoms with Crippen LogP contribution in [0.15, 0.2) is 16.7 Å². The number of anilines is 1. The van der Waals surface area contributed by atoms with Gasteiger partial charge < -0.3 is 14.9 Å². The fourth-order valence-corrected chi connectivity index (χ4v) is 3.08. The van der Waals surface area contributed by atoms with Crippen molar-refractivity contribution >= 4 is 5.69 Å². The van der Waals surface area contributed by atoms with E-state index in [1.807, 2.05) is 0 Å². The summed E-state index contributed by atoms with van der Waals surface area (Å²) in [5, 5.41) is 14.7. The molecule has 3 N–H and O–H groups in total. The molecule has 0 radical (unpaired) electrons. The van der Waals surface area contributed by atoms with E-state index in [1.165, 1.54) is 0 Å². The number of rotatable bonds is 0. The van der Waals surface area contributed by atoms with Gasteiger partial charge in [-0.25, -0.2) is 4.98 Å². The van der Waals surface area contributed by atoms with E-state index in [4.69, 9.17) is 14.9 Å². The number of alkyl halides is 3. The van der Waals surface area contributed by atoms with E-state index in [2.05, 4.69) is 25.4 Å². The largest absolute Gasteiger partial charge is 0.474 e. The van der Waals surface area contributed by atoms with Gasteiger partial charge >= 0.3 is 6.18 Å². The average Bonchev–Trinajstić information content (AvgIpc) is 3.27. The van der Waals surface area contributed by atoms with Gasteiger partial charge in [-0.15, -0.1) is 10.2 Å². The number of nitrogen functional groups attached to an aromatic ring is 1. The summed E-state index contributed by atoms with van der Waals surface area (Å²) in [6, 6.07) is 0.778. The van der Waals surface area contributed by atoms with E-state index in [-0.39, 0.29) is 23.2 Å². The minimum atomic E-state index is -4.66. The molecule has 3 aromatic rings. The first-order valence-electron chi connectivity index (χ1n) is 8.74. The molecule has 3 aromatic heterocycles. The smallest absolute Gasteiger partial charge is 0.421 e. The van der Waals surface area contributed by atoms with Crippen LogP contribution in [-0.4, -0.2) is 31.5 Å². The van der Waals surface area contributed by atoms with Gasteiger partial charge in [0, 0.05) is 11.8 Å². The molecule has 148 valence electrons. The third-order valence-corrected chi connectivity index (χ3v) is 4.49. The lowest BCUT2D eigenvalue weighted by molar-refractivity contribution is -0.139. The molecule has 0 aliphatic carbocycles. The molecule has 0 saturated carbocycles. The van der Waals surface area contributed by atoms with Crippen LogP contribution in [0.5, 0.6) is 5.88 Å².